The average molecular weight is 572 g/mol. The van der Waals surface area contributed by atoms with Crippen LogP contribution in [-0.4, -0.2) is 47.7 Å². The number of nitrogens with zero attached hydrogens (tertiary/aromatic N) is 1. The molecule has 0 bridgehead atoms. The second-order valence-electron chi connectivity index (χ2n) is 12.8. The minimum Gasteiger partial charge on any atom is -0.427 e. The molecule has 1 saturated heterocycles. The Balaban J connectivity index is 1.22. The fourth-order valence-corrected chi connectivity index (χ4v) is 6.72. The summed E-state index contributed by atoms with van der Waals surface area (Å²) in [4.78, 5) is 17.4. The van der Waals surface area contributed by atoms with Crippen molar-refractivity contribution in [3.63, 3.8) is 0 Å². The summed E-state index contributed by atoms with van der Waals surface area (Å²) in [7, 11) is 0. The number of piperidine rings is 1. The van der Waals surface area contributed by atoms with Gasteiger partial charge in [-0.25, -0.2) is 4.79 Å². The summed E-state index contributed by atoms with van der Waals surface area (Å²) >= 11 is 0. The molecular formula is C36H45NO5. The predicted molar refractivity (Wildman–Crippen MR) is 164 cm³/mol. The van der Waals surface area contributed by atoms with Gasteiger partial charge in [0.05, 0.1) is 19.3 Å². The van der Waals surface area contributed by atoms with Crippen LogP contribution in [0, 0.1) is 17.8 Å². The van der Waals surface area contributed by atoms with Gasteiger partial charge in [0.15, 0.2) is 0 Å². The number of hydroxylamine groups is 2. The van der Waals surface area contributed by atoms with Gasteiger partial charge in [-0.3, -0.25) is 0 Å². The molecule has 6 heteroatoms. The third-order valence-corrected chi connectivity index (χ3v) is 8.76. The molecule has 0 amide bonds. The number of benzene rings is 3. The molecule has 1 aliphatic carbocycles. The summed E-state index contributed by atoms with van der Waals surface area (Å²) in [6.45, 7) is 7.01. The quantitative estimate of drug-likeness (QED) is 0.225. The third-order valence-electron chi connectivity index (χ3n) is 8.76. The van der Waals surface area contributed by atoms with E-state index >= 15 is 0 Å². The summed E-state index contributed by atoms with van der Waals surface area (Å²) in [5.41, 5.74) is 2.07. The van der Waals surface area contributed by atoms with Gasteiger partial charge in [-0.05, 0) is 87.3 Å². The fraction of sp³-hybridized carbons (Fsp3) is 0.472. The third kappa shape index (κ3) is 7.23. The van der Waals surface area contributed by atoms with Crippen LogP contribution in [0.1, 0.15) is 69.6 Å². The first kappa shape index (κ1) is 30.3. The van der Waals surface area contributed by atoms with Crippen LogP contribution < -0.4 is 0 Å². The van der Waals surface area contributed by atoms with E-state index in [0.29, 0.717) is 31.5 Å². The van der Waals surface area contributed by atoms with E-state index in [4.69, 9.17) is 14.3 Å². The summed E-state index contributed by atoms with van der Waals surface area (Å²) < 4.78 is 12.4. The summed E-state index contributed by atoms with van der Waals surface area (Å²) in [6.07, 6.45) is 3.83. The number of β-amino-alcohol motifs (C(OH)–C–C–N with tert-alkyl or cyclic N) is 1. The van der Waals surface area contributed by atoms with Crippen molar-refractivity contribution in [1.29, 1.82) is 0 Å². The molecule has 1 aliphatic heterocycles. The molecule has 0 aromatic heterocycles. The van der Waals surface area contributed by atoms with Gasteiger partial charge in [0, 0.05) is 6.54 Å². The van der Waals surface area contributed by atoms with Crippen molar-refractivity contribution in [3.8, 4) is 0 Å². The van der Waals surface area contributed by atoms with Gasteiger partial charge in [0.1, 0.15) is 11.2 Å². The Morgan fingerprint density at radius 3 is 1.74 bits per heavy atom. The Labute approximate surface area is 250 Å². The maximum Gasteiger partial charge on any atom is 0.528 e. The molecule has 1 saturated carbocycles. The lowest BCUT2D eigenvalue weighted by molar-refractivity contribution is -0.181. The smallest absolute Gasteiger partial charge is 0.427 e. The zero-order valence-corrected chi connectivity index (χ0v) is 25.2. The maximum atomic E-state index is 12.1. The molecular weight excluding hydrogens is 526 g/mol. The van der Waals surface area contributed by atoms with E-state index in [2.05, 4.69) is 72.8 Å². The van der Waals surface area contributed by atoms with Crippen LogP contribution in [0.25, 0.3) is 0 Å². The zero-order valence-electron chi connectivity index (χ0n) is 25.2. The molecule has 2 aliphatic rings. The maximum absolute atomic E-state index is 12.1. The molecule has 6 nitrogen and oxygen atoms in total. The van der Waals surface area contributed by atoms with E-state index in [1.54, 1.807) is 5.06 Å². The topological polar surface area (TPSA) is 68.2 Å². The zero-order chi connectivity index (χ0) is 29.6. The van der Waals surface area contributed by atoms with Crippen LogP contribution in [0.15, 0.2) is 91.0 Å². The van der Waals surface area contributed by atoms with Gasteiger partial charge in [-0.1, -0.05) is 91.0 Å². The summed E-state index contributed by atoms with van der Waals surface area (Å²) in [6, 6.07) is 31.6. The van der Waals surface area contributed by atoms with Gasteiger partial charge in [0.25, 0.3) is 0 Å². The summed E-state index contributed by atoms with van der Waals surface area (Å²) in [5.74, 6) is 1.12. The van der Waals surface area contributed by atoms with E-state index < -0.39 is 23.5 Å². The normalized spacial score (nSPS) is 23.7. The Kier molecular flexibility index (Phi) is 9.67. The van der Waals surface area contributed by atoms with Crippen molar-refractivity contribution in [1.82, 2.24) is 5.06 Å². The molecule has 1 N–H and O–H groups in total. The van der Waals surface area contributed by atoms with Crippen molar-refractivity contribution >= 4 is 6.16 Å². The van der Waals surface area contributed by atoms with Crippen LogP contribution in [0.4, 0.5) is 4.79 Å². The number of ether oxygens (including phenoxy) is 2. The van der Waals surface area contributed by atoms with Crippen LogP contribution in [-0.2, 0) is 19.9 Å². The van der Waals surface area contributed by atoms with E-state index in [9.17, 15) is 9.90 Å². The Bertz CT molecular complexity index is 1160. The van der Waals surface area contributed by atoms with Gasteiger partial charge < -0.3 is 19.4 Å². The van der Waals surface area contributed by atoms with E-state index in [0.717, 1.165) is 48.8 Å². The lowest BCUT2D eigenvalue weighted by Crippen LogP contribution is -2.47. The standard InChI is InChI=1S/C36H45NO5/c1-35(2,3)41-34(39)42-37-24-23-32(33(38)25-37)28-21-19-27(20-22-28)26-40-36(29-13-7-4-8-14-29,30-15-9-5-10-16-30)31-17-11-6-12-18-31/h4-18,27-28,32-33,38H,19-26H2,1-3H3/t27?,28?,32-,33+/m1/s1. The van der Waals surface area contributed by atoms with Gasteiger partial charge in [-0.2, -0.15) is 0 Å². The second-order valence-corrected chi connectivity index (χ2v) is 12.8. The Hall–Kier alpha value is -3.19. The molecule has 0 spiro atoms. The predicted octanol–water partition coefficient (Wildman–Crippen LogP) is 7.35. The van der Waals surface area contributed by atoms with E-state index in [-0.39, 0.29) is 5.92 Å². The first-order chi connectivity index (χ1) is 20.2. The van der Waals surface area contributed by atoms with Crippen LogP contribution in [0.2, 0.25) is 0 Å². The molecule has 3 aromatic rings. The first-order valence-corrected chi connectivity index (χ1v) is 15.4. The molecule has 0 unspecified atom stereocenters. The number of hydrogen-bond acceptors (Lipinski definition) is 6. The van der Waals surface area contributed by atoms with Gasteiger partial charge >= 0.3 is 6.16 Å². The number of aliphatic hydroxyl groups is 1. The molecule has 5 rings (SSSR count). The monoisotopic (exact) mass is 571 g/mol. The van der Waals surface area contributed by atoms with Crippen LogP contribution in [0.5, 0.6) is 0 Å². The van der Waals surface area contributed by atoms with Crippen molar-refractivity contribution in [3.05, 3.63) is 108 Å². The second kappa shape index (κ2) is 13.4. The highest BCUT2D eigenvalue weighted by Crippen LogP contribution is 2.43. The molecule has 2 fully saturated rings. The van der Waals surface area contributed by atoms with Crippen molar-refractivity contribution in [2.24, 2.45) is 17.8 Å². The number of carbonyl (C=O) groups is 1. The minimum absolute atomic E-state index is 0.211. The molecule has 1 heterocycles. The number of hydrogen-bond donors (Lipinski definition) is 1. The highest BCUT2D eigenvalue weighted by atomic mass is 16.8. The first-order valence-electron chi connectivity index (χ1n) is 15.4. The van der Waals surface area contributed by atoms with E-state index in [1.165, 1.54) is 0 Å². The lowest BCUT2D eigenvalue weighted by atomic mass is 9.72. The molecule has 42 heavy (non-hydrogen) atoms. The minimum atomic E-state index is -0.716. The highest BCUT2D eigenvalue weighted by Gasteiger charge is 2.40. The highest BCUT2D eigenvalue weighted by molar-refractivity contribution is 5.60. The SMILES string of the molecule is CC(C)(C)OC(=O)ON1CC[C@H](C2CCC(COC(c3ccccc3)(c3ccccc3)c3ccccc3)CC2)[C@@H](O)C1. The summed E-state index contributed by atoms with van der Waals surface area (Å²) in [5, 5.41) is 12.5. The van der Waals surface area contributed by atoms with E-state index in [1.807, 2.05) is 39.0 Å². The van der Waals surface area contributed by atoms with Crippen molar-refractivity contribution < 1.29 is 24.2 Å². The van der Waals surface area contributed by atoms with Crippen molar-refractivity contribution in [2.45, 2.75) is 70.2 Å². The van der Waals surface area contributed by atoms with Gasteiger partial charge in [0.2, 0.25) is 0 Å². The fourth-order valence-electron chi connectivity index (χ4n) is 6.72. The molecule has 0 radical (unpaired) electrons. The van der Waals surface area contributed by atoms with Gasteiger partial charge in [-0.15, -0.1) is 5.06 Å². The number of carbonyl (C=O) groups excluding carboxylic acids is 1. The Morgan fingerprint density at radius 2 is 1.29 bits per heavy atom. The lowest BCUT2D eigenvalue weighted by Gasteiger charge is -2.42. The largest absolute Gasteiger partial charge is 0.528 e. The van der Waals surface area contributed by atoms with Crippen molar-refractivity contribution in [2.75, 3.05) is 19.7 Å². The molecule has 3 aromatic carbocycles. The average Bonchev–Trinajstić information content (AvgIpc) is 2.99. The molecule has 2 atom stereocenters. The number of rotatable bonds is 8. The number of aliphatic hydroxyl groups excluding tert-OH is 1. The van der Waals surface area contributed by atoms with Crippen LogP contribution >= 0.6 is 0 Å². The Morgan fingerprint density at radius 1 is 0.786 bits per heavy atom. The molecule has 224 valence electrons. The van der Waals surface area contributed by atoms with Crippen LogP contribution in [0.3, 0.4) is 0 Å².